The summed E-state index contributed by atoms with van der Waals surface area (Å²) in [6.07, 6.45) is 0. The molecule has 0 saturated carbocycles. The van der Waals surface area contributed by atoms with E-state index in [0.717, 1.165) is 94.3 Å². The van der Waals surface area contributed by atoms with Crippen molar-refractivity contribution in [3.8, 4) is 44.5 Å². The zero-order valence-electron chi connectivity index (χ0n) is 38.1. The third-order valence-electron chi connectivity index (χ3n) is 14.6. The van der Waals surface area contributed by atoms with Crippen molar-refractivity contribution >= 4 is 60.9 Å². The lowest BCUT2D eigenvalue weighted by Gasteiger charge is -2.34. The summed E-state index contributed by atoms with van der Waals surface area (Å²) in [5.74, 6) is 0. The normalized spacial score (nSPS) is 12.7. The third-order valence-corrected chi connectivity index (χ3v) is 14.6. The number of rotatable bonds is 8. The number of hydrogen-bond donors (Lipinski definition) is 0. The van der Waals surface area contributed by atoms with Gasteiger partial charge in [0, 0.05) is 49.6 Å². The highest BCUT2D eigenvalue weighted by Crippen LogP contribution is 2.59. The fraction of sp³-hybridized carbons (Fsp3) is 0.0149. The summed E-state index contributed by atoms with van der Waals surface area (Å²) >= 11 is 0. The van der Waals surface area contributed by atoms with Gasteiger partial charge in [-0.3, -0.25) is 0 Å². The van der Waals surface area contributed by atoms with E-state index in [1.54, 1.807) is 0 Å². The number of furan rings is 2. The molecule has 3 heteroatoms. The van der Waals surface area contributed by atoms with Crippen LogP contribution in [0.15, 0.2) is 270 Å². The minimum absolute atomic E-state index is 0.535. The summed E-state index contributed by atoms with van der Waals surface area (Å²) in [6.45, 7) is 0. The lowest BCUT2D eigenvalue weighted by molar-refractivity contribution is 0.669. The minimum Gasteiger partial charge on any atom is -0.455 e. The lowest BCUT2D eigenvalue weighted by atomic mass is 9.68. The second kappa shape index (κ2) is 16.0. The molecule has 0 spiro atoms. The van der Waals surface area contributed by atoms with Crippen molar-refractivity contribution in [2.75, 3.05) is 4.90 Å². The van der Waals surface area contributed by atoms with Gasteiger partial charge < -0.3 is 13.7 Å². The second-order valence-corrected chi connectivity index (χ2v) is 18.3. The van der Waals surface area contributed by atoms with Crippen LogP contribution in [0.5, 0.6) is 0 Å². The predicted molar refractivity (Wildman–Crippen MR) is 289 cm³/mol. The van der Waals surface area contributed by atoms with Crippen LogP contribution in [-0.4, -0.2) is 0 Å². The standard InChI is InChI=1S/C67H43NO2/c1-3-19-48(20-4-1)67(49-21-5-2-6-22-49)59-30-10-7-25-58(59)64-60(67)31-16-32-61(64)68(51-41-37-45(38-42-51)52-26-14-28-56-54-23-8-11-33-62(54)69-65(52)56)50-39-35-44(36-40-50)46-17-13-18-47(43-46)53-27-15-29-57-55-24-9-12-34-63(55)70-66(53)57/h1-43H. The first-order valence-corrected chi connectivity index (χ1v) is 24.0. The van der Waals surface area contributed by atoms with Gasteiger partial charge in [-0.05, 0) is 98.6 Å². The first-order chi connectivity index (χ1) is 34.7. The average Bonchev–Trinajstić information content (AvgIpc) is 4.11. The molecule has 0 radical (unpaired) electrons. The zero-order valence-corrected chi connectivity index (χ0v) is 38.1. The van der Waals surface area contributed by atoms with Crippen LogP contribution in [-0.2, 0) is 5.41 Å². The van der Waals surface area contributed by atoms with E-state index in [1.807, 2.05) is 24.3 Å². The van der Waals surface area contributed by atoms with Gasteiger partial charge in [0.2, 0.25) is 0 Å². The average molecular weight is 894 g/mol. The number of benzene rings is 11. The van der Waals surface area contributed by atoms with Gasteiger partial charge in [0.15, 0.2) is 0 Å². The monoisotopic (exact) mass is 893 g/mol. The summed E-state index contributed by atoms with van der Waals surface area (Å²) in [7, 11) is 0. The molecule has 0 saturated heterocycles. The molecule has 0 unspecified atom stereocenters. The molecule has 328 valence electrons. The topological polar surface area (TPSA) is 29.5 Å². The van der Waals surface area contributed by atoms with Crippen LogP contribution in [0.1, 0.15) is 22.3 Å². The number of hydrogen-bond acceptors (Lipinski definition) is 3. The predicted octanol–water partition coefficient (Wildman–Crippen LogP) is 18.3. The Hall–Kier alpha value is -9.18. The summed E-state index contributed by atoms with van der Waals surface area (Å²) in [4.78, 5) is 2.44. The van der Waals surface area contributed by atoms with E-state index >= 15 is 0 Å². The maximum absolute atomic E-state index is 6.53. The summed E-state index contributed by atoms with van der Waals surface area (Å²) in [5.41, 5.74) is 20.4. The van der Waals surface area contributed by atoms with Gasteiger partial charge in [0.1, 0.15) is 22.3 Å². The van der Waals surface area contributed by atoms with Gasteiger partial charge >= 0.3 is 0 Å². The Morgan fingerprint density at radius 2 is 0.757 bits per heavy atom. The Morgan fingerprint density at radius 3 is 1.39 bits per heavy atom. The van der Waals surface area contributed by atoms with Gasteiger partial charge in [-0.2, -0.15) is 0 Å². The molecular weight excluding hydrogens is 851 g/mol. The van der Waals surface area contributed by atoms with Gasteiger partial charge in [-0.1, -0.05) is 212 Å². The molecule has 1 aliphatic rings. The maximum Gasteiger partial charge on any atom is 0.143 e. The van der Waals surface area contributed by atoms with Crippen LogP contribution >= 0.6 is 0 Å². The Morgan fingerprint density at radius 1 is 0.300 bits per heavy atom. The Bertz CT molecular complexity index is 4070. The Kier molecular flexibility index (Phi) is 9.11. The van der Waals surface area contributed by atoms with E-state index in [4.69, 9.17) is 8.83 Å². The van der Waals surface area contributed by atoms with Crippen LogP contribution < -0.4 is 4.90 Å². The largest absolute Gasteiger partial charge is 0.455 e. The van der Waals surface area contributed by atoms with Crippen molar-refractivity contribution in [2.24, 2.45) is 0 Å². The molecule has 2 aromatic heterocycles. The van der Waals surface area contributed by atoms with Gasteiger partial charge in [0.05, 0.1) is 11.1 Å². The van der Waals surface area contributed by atoms with Gasteiger partial charge in [0.25, 0.3) is 0 Å². The van der Waals surface area contributed by atoms with Crippen molar-refractivity contribution in [1.82, 2.24) is 0 Å². The number of anilines is 3. The van der Waals surface area contributed by atoms with E-state index in [2.05, 4.69) is 241 Å². The van der Waals surface area contributed by atoms with Gasteiger partial charge in [-0.15, -0.1) is 0 Å². The highest BCUT2D eigenvalue weighted by Gasteiger charge is 2.47. The van der Waals surface area contributed by atoms with E-state index in [-0.39, 0.29) is 0 Å². The minimum atomic E-state index is -0.535. The smallest absolute Gasteiger partial charge is 0.143 e. The molecule has 2 heterocycles. The SMILES string of the molecule is c1ccc(C2(c3ccccc3)c3ccccc3-c3c(N(c4ccc(-c5cccc(-c6cccc7c6oc6ccccc67)c5)cc4)c4ccc(-c5cccc6c5oc5ccccc56)cc4)cccc32)cc1. The molecule has 14 rings (SSSR count). The highest BCUT2D eigenvalue weighted by atomic mass is 16.3. The van der Waals surface area contributed by atoms with E-state index in [1.165, 1.54) is 33.4 Å². The number of para-hydroxylation sites is 4. The van der Waals surface area contributed by atoms with Crippen LogP contribution in [0.2, 0.25) is 0 Å². The second-order valence-electron chi connectivity index (χ2n) is 18.3. The lowest BCUT2D eigenvalue weighted by Crippen LogP contribution is -2.28. The quantitative estimate of drug-likeness (QED) is 0.152. The molecule has 13 aromatic rings. The van der Waals surface area contributed by atoms with Gasteiger partial charge in [-0.25, -0.2) is 0 Å². The highest BCUT2D eigenvalue weighted by molar-refractivity contribution is 6.11. The molecule has 0 fully saturated rings. The van der Waals surface area contributed by atoms with Crippen molar-refractivity contribution in [3.63, 3.8) is 0 Å². The molecule has 0 aliphatic heterocycles. The fourth-order valence-corrected chi connectivity index (χ4v) is 11.5. The molecule has 1 aliphatic carbocycles. The summed E-state index contributed by atoms with van der Waals surface area (Å²) in [5, 5.41) is 4.51. The van der Waals surface area contributed by atoms with E-state index in [9.17, 15) is 0 Å². The van der Waals surface area contributed by atoms with Crippen molar-refractivity contribution < 1.29 is 8.83 Å². The molecule has 3 nitrogen and oxygen atoms in total. The van der Waals surface area contributed by atoms with Crippen molar-refractivity contribution in [2.45, 2.75) is 5.41 Å². The molecular formula is C67H43NO2. The molecule has 70 heavy (non-hydrogen) atoms. The number of fused-ring (bicyclic) bond motifs is 9. The third kappa shape index (κ3) is 6.08. The van der Waals surface area contributed by atoms with Crippen LogP contribution in [0.3, 0.4) is 0 Å². The van der Waals surface area contributed by atoms with E-state index in [0.29, 0.717) is 0 Å². The Balaban J connectivity index is 0.934. The first-order valence-electron chi connectivity index (χ1n) is 24.0. The molecule has 0 amide bonds. The fourth-order valence-electron chi connectivity index (χ4n) is 11.5. The van der Waals surface area contributed by atoms with Crippen molar-refractivity contribution in [3.05, 3.63) is 283 Å². The number of nitrogens with zero attached hydrogens (tertiary/aromatic N) is 1. The van der Waals surface area contributed by atoms with Crippen LogP contribution in [0.25, 0.3) is 88.4 Å². The van der Waals surface area contributed by atoms with Crippen molar-refractivity contribution in [1.29, 1.82) is 0 Å². The van der Waals surface area contributed by atoms with Crippen LogP contribution in [0, 0.1) is 0 Å². The maximum atomic E-state index is 6.53. The molecule has 11 aromatic carbocycles. The molecule has 0 bridgehead atoms. The van der Waals surface area contributed by atoms with Crippen LogP contribution in [0.4, 0.5) is 17.1 Å². The Labute approximate surface area is 405 Å². The zero-order chi connectivity index (χ0) is 46.2. The molecule has 0 N–H and O–H groups in total. The van der Waals surface area contributed by atoms with E-state index < -0.39 is 5.41 Å². The molecule has 0 atom stereocenters. The summed E-state index contributed by atoms with van der Waals surface area (Å²) < 4.78 is 13.0. The first kappa shape index (κ1) is 39.9. The summed E-state index contributed by atoms with van der Waals surface area (Å²) in [6, 6.07) is 94.2.